The fourth-order valence-electron chi connectivity index (χ4n) is 3.67. The van der Waals surface area contributed by atoms with Gasteiger partial charge in [-0.05, 0) is 45.0 Å². The molecule has 6 heteroatoms. The molecule has 1 aliphatic heterocycles. The third kappa shape index (κ3) is 4.62. The van der Waals surface area contributed by atoms with Crippen molar-refractivity contribution in [2.24, 2.45) is 0 Å². The number of nitrogens with zero attached hydrogens (tertiary/aromatic N) is 3. The van der Waals surface area contributed by atoms with Gasteiger partial charge in [-0.2, -0.15) is 0 Å². The summed E-state index contributed by atoms with van der Waals surface area (Å²) in [5.41, 5.74) is 2.26. The lowest BCUT2D eigenvalue weighted by Crippen LogP contribution is -2.36. The number of imidazole rings is 1. The van der Waals surface area contributed by atoms with Gasteiger partial charge >= 0.3 is 5.97 Å². The van der Waals surface area contributed by atoms with Crippen LogP contribution >= 0.6 is 0 Å². The summed E-state index contributed by atoms with van der Waals surface area (Å²) < 4.78 is 13.0. The number of fused-ring (bicyclic) bond motifs is 1. The summed E-state index contributed by atoms with van der Waals surface area (Å²) in [4.78, 5) is 18.2. The van der Waals surface area contributed by atoms with E-state index >= 15 is 0 Å². The first-order chi connectivity index (χ1) is 12.7. The lowest BCUT2D eigenvalue weighted by atomic mass is 9.96. The second-order valence-electron chi connectivity index (χ2n) is 6.76. The first-order valence-corrected chi connectivity index (χ1v) is 9.57. The van der Waals surface area contributed by atoms with Crippen molar-refractivity contribution < 1.29 is 14.3 Å². The van der Waals surface area contributed by atoms with E-state index < -0.39 is 0 Å². The van der Waals surface area contributed by atoms with E-state index in [1.165, 1.54) is 18.3 Å². The molecule has 1 saturated heterocycles. The van der Waals surface area contributed by atoms with E-state index in [1.54, 1.807) is 0 Å². The first-order valence-electron chi connectivity index (χ1n) is 9.57. The topological polar surface area (TPSA) is 56.6 Å². The van der Waals surface area contributed by atoms with E-state index in [0.717, 1.165) is 51.1 Å². The first kappa shape index (κ1) is 18.9. The molecule has 0 N–H and O–H groups in total. The van der Waals surface area contributed by atoms with Crippen LogP contribution in [0.4, 0.5) is 0 Å². The van der Waals surface area contributed by atoms with Crippen molar-refractivity contribution >= 4 is 17.0 Å². The number of aromatic nitrogens is 2. The molecule has 0 radical (unpaired) electrons. The molecule has 0 amide bonds. The molecule has 1 aromatic carbocycles. The Balaban J connectivity index is 1.66. The summed E-state index contributed by atoms with van der Waals surface area (Å²) >= 11 is 0. The summed E-state index contributed by atoms with van der Waals surface area (Å²) in [6.07, 6.45) is 2.16. The Labute approximate surface area is 155 Å². The largest absolute Gasteiger partial charge is 0.465 e. The van der Waals surface area contributed by atoms with E-state index in [0.29, 0.717) is 19.1 Å². The van der Waals surface area contributed by atoms with Gasteiger partial charge in [-0.3, -0.25) is 9.69 Å². The fourth-order valence-corrected chi connectivity index (χ4v) is 3.67. The summed E-state index contributed by atoms with van der Waals surface area (Å²) in [5, 5.41) is 0. The van der Waals surface area contributed by atoms with Gasteiger partial charge in [-0.1, -0.05) is 12.1 Å². The number of hydrogen-bond donors (Lipinski definition) is 0. The Bertz CT molecular complexity index is 720. The van der Waals surface area contributed by atoms with E-state index in [4.69, 9.17) is 14.5 Å². The molecule has 6 nitrogen and oxygen atoms in total. The van der Waals surface area contributed by atoms with Crippen LogP contribution in [0.25, 0.3) is 11.0 Å². The minimum absolute atomic E-state index is 0.206. The SMILES string of the molecule is CCOCCn1c(C2CCN(CCOC(C)=O)CC2)nc2ccccc21. The predicted octanol–water partition coefficient (Wildman–Crippen LogP) is 2.82. The molecule has 2 aromatic rings. The van der Waals surface area contributed by atoms with Gasteiger partial charge in [-0.15, -0.1) is 0 Å². The molecule has 0 saturated carbocycles. The number of rotatable bonds is 8. The van der Waals surface area contributed by atoms with Gasteiger partial charge < -0.3 is 14.0 Å². The second-order valence-corrected chi connectivity index (χ2v) is 6.76. The molecule has 0 spiro atoms. The van der Waals surface area contributed by atoms with Gasteiger partial charge in [0, 0.05) is 32.5 Å². The Morgan fingerprint density at radius 1 is 1.19 bits per heavy atom. The van der Waals surface area contributed by atoms with Gasteiger partial charge in [-0.25, -0.2) is 4.98 Å². The summed E-state index contributed by atoms with van der Waals surface area (Å²) in [6, 6.07) is 8.35. The minimum Gasteiger partial charge on any atom is -0.465 e. The number of ether oxygens (including phenoxy) is 2. The lowest BCUT2D eigenvalue weighted by molar-refractivity contribution is -0.141. The summed E-state index contributed by atoms with van der Waals surface area (Å²) in [6.45, 7) is 9.10. The molecular formula is C20H29N3O3. The van der Waals surface area contributed by atoms with Gasteiger partial charge in [0.15, 0.2) is 0 Å². The highest BCUT2D eigenvalue weighted by molar-refractivity contribution is 5.76. The fraction of sp³-hybridized carbons (Fsp3) is 0.600. The van der Waals surface area contributed by atoms with Crippen LogP contribution in [0, 0.1) is 0 Å². The molecule has 1 fully saturated rings. The van der Waals surface area contributed by atoms with Crippen LogP contribution in [0.3, 0.4) is 0 Å². The number of carbonyl (C=O) groups is 1. The highest BCUT2D eigenvalue weighted by Gasteiger charge is 2.25. The Hall–Kier alpha value is -1.92. The zero-order valence-corrected chi connectivity index (χ0v) is 15.8. The predicted molar refractivity (Wildman–Crippen MR) is 101 cm³/mol. The van der Waals surface area contributed by atoms with Gasteiger partial charge in [0.05, 0.1) is 17.6 Å². The zero-order chi connectivity index (χ0) is 18.4. The number of likely N-dealkylation sites (tertiary alicyclic amines) is 1. The van der Waals surface area contributed by atoms with Crippen LogP contribution in [0.2, 0.25) is 0 Å². The van der Waals surface area contributed by atoms with Crippen LogP contribution in [0.5, 0.6) is 0 Å². The van der Waals surface area contributed by atoms with Crippen LogP contribution in [-0.2, 0) is 20.8 Å². The number of piperidine rings is 1. The van der Waals surface area contributed by atoms with Crippen molar-refractivity contribution in [2.75, 3.05) is 39.5 Å². The quantitative estimate of drug-likeness (QED) is 0.536. The van der Waals surface area contributed by atoms with E-state index in [-0.39, 0.29) is 5.97 Å². The van der Waals surface area contributed by atoms with Gasteiger partial charge in [0.2, 0.25) is 0 Å². The van der Waals surface area contributed by atoms with Crippen molar-refractivity contribution in [3.8, 4) is 0 Å². The number of carbonyl (C=O) groups excluding carboxylic acids is 1. The Morgan fingerprint density at radius 2 is 1.96 bits per heavy atom. The molecule has 0 bridgehead atoms. The number of benzene rings is 1. The number of esters is 1. The monoisotopic (exact) mass is 359 g/mol. The van der Waals surface area contributed by atoms with Gasteiger partial charge in [0.1, 0.15) is 12.4 Å². The van der Waals surface area contributed by atoms with Crippen molar-refractivity contribution in [3.63, 3.8) is 0 Å². The molecule has 0 unspecified atom stereocenters. The minimum atomic E-state index is -0.206. The van der Waals surface area contributed by atoms with Gasteiger partial charge in [0.25, 0.3) is 0 Å². The zero-order valence-electron chi connectivity index (χ0n) is 15.8. The average Bonchev–Trinajstić information content (AvgIpc) is 3.01. The maximum Gasteiger partial charge on any atom is 0.302 e. The summed E-state index contributed by atoms with van der Waals surface area (Å²) in [5.74, 6) is 1.45. The van der Waals surface area contributed by atoms with Crippen molar-refractivity contribution in [1.82, 2.24) is 14.5 Å². The standard InChI is InChI=1S/C20H29N3O3/c1-3-25-14-13-23-19-7-5-4-6-18(19)21-20(23)17-8-10-22(11-9-17)12-15-26-16(2)24/h4-7,17H,3,8-15H2,1-2H3. The van der Waals surface area contributed by atoms with Crippen LogP contribution in [0.15, 0.2) is 24.3 Å². The molecule has 1 aliphatic rings. The molecule has 0 aliphatic carbocycles. The Morgan fingerprint density at radius 3 is 2.69 bits per heavy atom. The van der Waals surface area contributed by atoms with Crippen molar-refractivity contribution in [2.45, 2.75) is 39.2 Å². The third-order valence-corrected chi connectivity index (χ3v) is 5.01. The smallest absolute Gasteiger partial charge is 0.302 e. The van der Waals surface area contributed by atoms with Crippen molar-refractivity contribution in [1.29, 1.82) is 0 Å². The maximum absolute atomic E-state index is 10.9. The highest BCUT2D eigenvalue weighted by atomic mass is 16.5. The van der Waals surface area contributed by atoms with Crippen molar-refractivity contribution in [3.05, 3.63) is 30.1 Å². The number of para-hydroxylation sites is 2. The molecular weight excluding hydrogens is 330 g/mol. The third-order valence-electron chi connectivity index (χ3n) is 5.01. The molecule has 1 aromatic heterocycles. The van der Waals surface area contributed by atoms with E-state index in [2.05, 4.69) is 27.7 Å². The van der Waals surface area contributed by atoms with Crippen LogP contribution < -0.4 is 0 Å². The molecule has 0 atom stereocenters. The summed E-state index contributed by atoms with van der Waals surface area (Å²) in [7, 11) is 0. The molecule has 26 heavy (non-hydrogen) atoms. The second kappa shape index (κ2) is 9.14. The molecule has 142 valence electrons. The maximum atomic E-state index is 10.9. The Kier molecular flexibility index (Phi) is 6.63. The lowest BCUT2D eigenvalue weighted by Gasteiger charge is -2.31. The van der Waals surface area contributed by atoms with E-state index in [9.17, 15) is 4.79 Å². The molecule has 2 heterocycles. The van der Waals surface area contributed by atoms with E-state index in [1.807, 2.05) is 13.0 Å². The average molecular weight is 359 g/mol. The molecule has 3 rings (SSSR count). The highest BCUT2D eigenvalue weighted by Crippen LogP contribution is 2.30. The normalized spacial score (nSPS) is 16.2. The number of hydrogen-bond acceptors (Lipinski definition) is 5. The van der Waals surface area contributed by atoms with Crippen LogP contribution in [0.1, 0.15) is 38.4 Å². The van der Waals surface area contributed by atoms with Crippen LogP contribution in [-0.4, -0.2) is 59.9 Å².